The van der Waals surface area contributed by atoms with Crippen molar-refractivity contribution in [1.82, 2.24) is 15.0 Å². The number of aliphatic imine (C=N–C) groups is 1. The summed E-state index contributed by atoms with van der Waals surface area (Å²) in [6.45, 7) is 3.89. The van der Waals surface area contributed by atoms with E-state index in [2.05, 4.69) is 187 Å². The maximum Gasteiger partial charge on any atom is 0.294 e. The van der Waals surface area contributed by atoms with E-state index in [4.69, 9.17) is 4.99 Å². The molecule has 0 aliphatic rings. The van der Waals surface area contributed by atoms with Crippen molar-refractivity contribution in [2.75, 3.05) is 0 Å². The number of aryl methyl sites for hydroxylation is 1. The van der Waals surface area contributed by atoms with E-state index in [0.717, 1.165) is 49.8 Å². The molecule has 9 aromatic rings. The maximum absolute atomic E-state index is 14.4. The van der Waals surface area contributed by atoms with Gasteiger partial charge in [-0.05, 0) is 75.9 Å². The molecule has 0 atom stereocenters. The molecule has 0 fully saturated rings. The van der Waals surface area contributed by atoms with E-state index in [1.807, 2.05) is 24.3 Å². The van der Waals surface area contributed by atoms with Crippen molar-refractivity contribution >= 4 is 39.1 Å². The predicted octanol–water partition coefficient (Wildman–Crippen LogP) is 12.8. The van der Waals surface area contributed by atoms with Crippen molar-refractivity contribution in [1.29, 1.82) is 0 Å². The minimum atomic E-state index is -0.331. The summed E-state index contributed by atoms with van der Waals surface area (Å²) in [5.41, 5.74) is 12.4. The molecule has 5 nitrogen and oxygen atoms in total. The van der Waals surface area contributed by atoms with Crippen LogP contribution in [0, 0.1) is 14.4 Å². The van der Waals surface area contributed by atoms with Gasteiger partial charge in [0.25, 0.3) is 5.91 Å². The molecule has 292 valence electrons. The molecular weight excluding hydrogens is 767 g/mol. The molecule has 6 heteroatoms. The molecule has 0 N–H and O–H groups in total. The van der Waals surface area contributed by atoms with Crippen LogP contribution in [0.2, 0.25) is 0 Å². The van der Waals surface area contributed by atoms with E-state index < -0.39 is 0 Å². The van der Waals surface area contributed by atoms with E-state index in [1.165, 1.54) is 21.4 Å². The number of nitrogens with zero attached hydrogens (tertiary/aromatic N) is 4. The largest absolute Gasteiger partial charge is 0.358 e. The molecule has 0 saturated heterocycles. The number of carbonyl (C=O) groups is 1. The second-order valence-electron chi connectivity index (χ2n) is 14.5. The van der Waals surface area contributed by atoms with Crippen LogP contribution < -0.4 is 0 Å². The Labute approximate surface area is 356 Å². The Balaban J connectivity index is 0.00000264. The Morgan fingerprint density at radius 1 is 0.576 bits per heavy atom. The summed E-state index contributed by atoms with van der Waals surface area (Å²) in [4.78, 5) is 19.9. The maximum atomic E-state index is 14.4. The van der Waals surface area contributed by atoms with Crippen molar-refractivity contribution in [2.45, 2.75) is 25.7 Å². The third-order valence-corrected chi connectivity index (χ3v) is 10.8. The Kier molecular flexibility index (Phi) is 12.2. The molecule has 0 bridgehead atoms. The van der Waals surface area contributed by atoms with E-state index in [1.54, 1.807) is 6.92 Å². The fraction of sp³-hybridized carbons (Fsp3) is 0.0755. The summed E-state index contributed by atoms with van der Waals surface area (Å²) in [5, 5.41) is 10.6. The second-order valence-corrected chi connectivity index (χ2v) is 14.5. The van der Waals surface area contributed by atoms with Crippen LogP contribution in [0.15, 0.2) is 199 Å². The summed E-state index contributed by atoms with van der Waals surface area (Å²) < 4.78 is 1.36. The first-order valence-corrected chi connectivity index (χ1v) is 19.3. The van der Waals surface area contributed by atoms with E-state index in [9.17, 15) is 4.79 Å². The van der Waals surface area contributed by atoms with Crippen LogP contribution in [0.4, 0.5) is 5.69 Å². The van der Waals surface area contributed by atoms with Gasteiger partial charge in [0, 0.05) is 33.7 Å². The van der Waals surface area contributed by atoms with Crippen LogP contribution in [0.5, 0.6) is 0 Å². The predicted molar refractivity (Wildman–Crippen MR) is 239 cm³/mol. The molecule has 0 aliphatic carbocycles. The number of benzene rings is 8. The van der Waals surface area contributed by atoms with Crippen LogP contribution in [-0.2, 0) is 16.5 Å². The van der Waals surface area contributed by atoms with Crippen LogP contribution in [0.3, 0.4) is 0 Å². The van der Waals surface area contributed by atoms with Gasteiger partial charge in [0.1, 0.15) is 11.2 Å². The molecule has 59 heavy (non-hydrogen) atoms. The topological polar surface area (TPSA) is 60.1 Å². The SMILES string of the molecule is CC(=Nc1c(C(c2ccccc2)c2ccccc2)cc(C(c2ccccc2)c2ccccc2)c2cccc(-c3ccc(C)cc3)c12)C(=O)n1nnc2ccccc21.[CH3-].[Ni]. The van der Waals surface area contributed by atoms with Gasteiger partial charge in [-0.15, -0.1) is 5.10 Å². The van der Waals surface area contributed by atoms with Gasteiger partial charge < -0.3 is 7.43 Å². The fourth-order valence-corrected chi connectivity index (χ4v) is 8.13. The first-order valence-electron chi connectivity index (χ1n) is 19.3. The number of aromatic nitrogens is 3. The molecule has 0 unspecified atom stereocenters. The Hall–Kier alpha value is -6.75. The summed E-state index contributed by atoms with van der Waals surface area (Å²) in [6.07, 6.45) is 0. The van der Waals surface area contributed by atoms with Crippen LogP contribution in [0.25, 0.3) is 32.9 Å². The summed E-state index contributed by atoms with van der Waals surface area (Å²) in [5.74, 6) is -0.652. The average Bonchev–Trinajstić information content (AvgIpc) is 3.70. The zero-order valence-electron chi connectivity index (χ0n) is 33.1. The molecule has 9 rings (SSSR count). The second kappa shape index (κ2) is 17.8. The van der Waals surface area contributed by atoms with E-state index >= 15 is 0 Å². The van der Waals surface area contributed by atoms with Gasteiger partial charge in [-0.2, -0.15) is 4.68 Å². The van der Waals surface area contributed by atoms with Crippen molar-refractivity contribution in [3.63, 3.8) is 0 Å². The molecule has 0 saturated carbocycles. The average molecular weight is 811 g/mol. The normalized spacial score (nSPS) is 11.4. The zero-order chi connectivity index (χ0) is 38.7. The fourth-order valence-electron chi connectivity index (χ4n) is 8.13. The van der Waals surface area contributed by atoms with Gasteiger partial charge in [0.2, 0.25) is 0 Å². The zero-order valence-corrected chi connectivity index (χ0v) is 34.1. The standard InChI is InChI=1S/C52H40N4O.CH3.Ni/c1-35-30-32-37(33-31-35)42-26-17-27-43-44(48(38-18-7-3-8-19-38)39-20-9-4-10-21-39)34-45(49(40-22-11-5-12-23-40)41-24-13-6-14-25-41)51(50(42)43)53-36(2)52(57)56-47-29-16-15-28-46(47)54-55-56;;/h3-34,48-49H,1-2H3;1H3;/q;-1;. The minimum absolute atomic E-state index is 0. The van der Waals surface area contributed by atoms with Crippen LogP contribution >= 0.6 is 0 Å². The van der Waals surface area contributed by atoms with Gasteiger partial charge in [-0.3, -0.25) is 4.79 Å². The number of fused-ring (bicyclic) bond motifs is 2. The Morgan fingerprint density at radius 3 is 1.61 bits per heavy atom. The first-order chi connectivity index (χ1) is 28.0. The molecule has 0 aliphatic heterocycles. The first kappa shape index (κ1) is 40.4. The summed E-state index contributed by atoms with van der Waals surface area (Å²) >= 11 is 0. The van der Waals surface area contributed by atoms with Crippen molar-refractivity contribution in [2.24, 2.45) is 4.99 Å². The minimum Gasteiger partial charge on any atom is -0.358 e. The van der Waals surface area contributed by atoms with Crippen molar-refractivity contribution < 1.29 is 21.3 Å². The third-order valence-electron chi connectivity index (χ3n) is 10.8. The molecule has 1 heterocycles. The molecule has 0 spiro atoms. The van der Waals surface area contributed by atoms with Gasteiger partial charge in [0.15, 0.2) is 0 Å². The smallest absolute Gasteiger partial charge is 0.294 e. The third kappa shape index (κ3) is 7.93. The van der Waals surface area contributed by atoms with Crippen molar-refractivity contribution in [3.8, 4) is 11.1 Å². The number of para-hydroxylation sites is 1. The molecule has 8 aromatic carbocycles. The van der Waals surface area contributed by atoms with Gasteiger partial charge in [0.05, 0.1) is 11.2 Å². The molecule has 1 aromatic heterocycles. The number of carbonyl (C=O) groups excluding carboxylic acids is 1. The van der Waals surface area contributed by atoms with Crippen molar-refractivity contribution in [3.05, 3.63) is 240 Å². The van der Waals surface area contributed by atoms with Crippen LogP contribution in [-0.4, -0.2) is 26.6 Å². The number of hydrogen-bond acceptors (Lipinski definition) is 4. The molecular formula is C53H43N4NiO-. The van der Waals surface area contributed by atoms with E-state index in [0.29, 0.717) is 16.7 Å². The monoisotopic (exact) mass is 809 g/mol. The Morgan fingerprint density at radius 2 is 1.07 bits per heavy atom. The van der Waals surface area contributed by atoms with Crippen LogP contribution in [0.1, 0.15) is 62.5 Å². The molecule has 0 amide bonds. The quantitative estimate of drug-likeness (QED) is 0.0631. The molecule has 0 radical (unpaired) electrons. The number of hydrogen-bond donors (Lipinski definition) is 0. The van der Waals surface area contributed by atoms with Gasteiger partial charge in [-0.1, -0.05) is 193 Å². The number of rotatable bonds is 9. The van der Waals surface area contributed by atoms with E-state index in [-0.39, 0.29) is 41.7 Å². The van der Waals surface area contributed by atoms with Gasteiger partial charge >= 0.3 is 0 Å². The Bertz CT molecular complexity index is 2790. The summed E-state index contributed by atoms with van der Waals surface area (Å²) in [7, 11) is 0. The summed E-state index contributed by atoms with van der Waals surface area (Å²) in [6, 6.07) is 67.8. The van der Waals surface area contributed by atoms with Gasteiger partial charge in [-0.25, -0.2) is 4.99 Å².